The number of nitrogens with two attached hydrogens (primary N) is 1. The number of aromatic nitrogens is 2. The average molecular weight is 161 g/mol. The Kier molecular flexibility index (Phi) is 1.59. The summed E-state index contributed by atoms with van der Waals surface area (Å²) in [4.78, 5) is 0. The minimum absolute atomic E-state index is 0.0873. The maximum atomic E-state index is 5.74. The number of hydrogen-bond donors (Lipinski definition) is 2. The van der Waals surface area contributed by atoms with E-state index in [9.17, 15) is 0 Å². The Balaban J connectivity index is 2.60. The van der Waals surface area contributed by atoms with Crippen molar-refractivity contribution in [1.29, 1.82) is 0 Å². The van der Waals surface area contributed by atoms with Gasteiger partial charge in [0.25, 0.3) is 0 Å². The van der Waals surface area contributed by atoms with Crippen LogP contribution in [0.5, 0.6) is 0 Å². The zero-order valence-electron chi connectivity index (χ0n) is 6.91. The van der Waals surface area contributed by atoms with Crippen molar-refractivity contribution in [1.82, 2.24) is 10.2 Å². The van der Waals surface area contributed by atoms with Crippen molar-refractivity contribution >= 4 is 10.9 Å². The molecule has 0 aliphatic carbocycles. The molecule has 1 aromatic carbocycles. The van der Waals surface area contributed by atoms with Gasteiger partial charge < -0.3 is 5.73 Å². The molecule has 2 aromatic rings. The third kappa shape index (κ3) is 1.08. The molecule has 0 amide bonds. The number of benzene rings is 1. The SMILES string of the molecule is CC(N)c1ccc2[nH]ncc2c1. The molecule has 0 aliphatic rings. The third-order valence-electron chi connectivity index (χ3n) is 1.99. The Labute approximate surface area is 70.6 Å². The van der Waals surface area contributed by atoms with Gasteiger partial charge in [0.1, 0.15) is 0 Å². The number of nitrogens with zero attached hydrogens (tertiary/aromatic N) is 1. The monoisotopic (exact) mass is 161 g/mol. The Hall–Kier alpha value is -1.35. The van der Waals surface area contributed by atoms with E-state index in [1.807, 2.05) is 19.1 Å². The summed E-state index contributed by atoms with van der Waals surface area (Å²) in [6.45, 7) is 1.97. The van der Waals surface area contributed by atoms with Crippen molar-refractivity contribution in [3.8, 4) is 0 Å². The van der Waals surface area contributed by atoms with Gasteiger partial charge >= 0.3 is 0 Å². The Morgan fingerprint density at radius 1 is 1.50 bits per heavy atom. The van der Waals surface area contributed by atoms with E-state index < -0.39 is 0 Å². The van der Waals surface area contributed by atoms with E-state index in [2.05, 4.69) is 16.3 Å². The molecule has 0 spiro atoms. The van der Waals surface area contributed by atoms with E-state index in [0.29, 0.717) is 0 Å². The molecule has 0 fully saturated rings. The van der Waals surface area contributed by atoms with Crippen LogP contribution in [-0.4, -0.2) is 10.2 Å². The summed E-state index contributed by atoms with van der Waals surface area (Å²) in [5.41, 5.74) is 7.94. The van der Waals surface area contributed by atoms with Crippen molar-refractivity contribution in [2.75, 3.05) is 0 Å². The fourth-order valence-corrected chi connectivity index (χ4v) is 1.24. The average Bonchev–Trinajstić information content (AvgIpc) is 2.49. The summed E-state index contributed by atoms with van der Waals surface area (Å²) in [6.07, 6.45) is 1.81. The van der Waals surface area contributed by atoms with Gasteiger partial charge in [0.2, 0.25) is 0 Å². The maximum Gasteiger partial charge on any atom is 0.0650 e. The van der Waals surface area contributed by atoms with Gasteiger partial charge in [-0.1, -0.05) is 6.07 Å². The smallest absolute Gasteiger partial charge is 0.0650 e. The Morgan fingerprint density at radius 3 is 3.08 bits per heavy atom. The lowest BCUT2D eigenvalue weighted by Crippen LogP contribution is -2.04. The van der Waals surface area contributed by atoms with Crippen LogP contribution in [0.4, 0.5) is 0 Å². The van der Waals surface area contributed by atoms with E-state index >= 15 is 0 Å². The first kappa shape index (κ1) is 7.31. The molecule has 0 saturated heterocycles. The van der Waals surface area contributed by atoms with E-state index in [1.165, 1.54) is 0 Å². The van der Waals surface area contributed by atoms with Crippen LogP contribution < -0.4 is 5.73 Å². The van der Waals surface area contributed by atoms with Crippen LogP contribution in [0, 0.1) is 0 Å². The molecule has 62 valence electrons. The lowest BCUT2D eigenvalue weighted by molar-refractivity contribution is 0.820. The van der Waals surface area contributed by atoms with E-state index in [0.717, 1.165) is 16.5 Å². The number of nitrogens with one attached hydrogen (secondary N) is 1. The van der Waals surface area contributed by atoms with E-state index in [4.69, 9.17) is 5.73 Å². The zero-order chi connectivity index (χ0) is 8.55. The van der Waals surface area contributed by atoms with Crippen LogP contribution >= 0.6 is 0 Å². The summed E-state index contributed by atoms with van der Waals surface area (Å²) in [7, 11) is 0. The normalized spacial score (nSPS) is 13.5. The summed E-state index contributed by atoms with van der Waals surface area (Å²) in [5.74, 6) is 0. The molecular formula is C9H11N3. The molecule has 0 radical (unpaired) electrons. The van der Waals surface area contributed by atoms with Crippen molar-refractivity contribution in [2.24, 2.45) is 5.73 Å². The highest BCUT2D eigenvalue weighted by molar-refractivity contribution is 5.78. The third-order valence-corrected chi connectivity index (χ3v) is 1.99. The summed E-state index contributed by atoms with van der Waals surface area (Å²) < 4.78 is 0. The molecule has 1 aromatic heterocycles. The highest BCUT2D eigenvalue weighted by Crippen LogP contribution is 2.16. The van der Waals surface area contributed by atoms with Crippen molar-refractivity contribution in [2.45, 2.75) is 13.0 Å². The number of aromatic amines is 1. The molecule has 3 heteroatoms. The first-order valence-electron chi connectivity index (χ1n) is 3.96. The number of hydrogen-bond acceptors (Lipinski definition) is 2. The van der Waals surface area contributed by atoms with Crippen LogP contribution in [0.3, 0.4) is 0 Å². The molecule has 0 bridgehead atoms. The summed E-state index contributed by atoms with van der Waals surface area (Å²) >= 11 is 0. The zero-order valence-corrected chi connectivity index (χ0v) is 6.91. The molecule has 12 heavy (non-hydrogen) atoms. The van der Waals surface area contributed by atoms with Gasteiger partial charge in [0.05, 0.1) is 11.7 Å². The Bertz CT molecular complexity index is 389. The second kappa shape index (κ2) is 2.60. The van der Waals surface area contributed by atoms with Gasteiger partial charge in [-0.2, -0.15) is 5.10 Å². The number of rotatable bonds is 1. The van der Waals surface area contributed by atoms with Crippen molar-refractivity contribution in [3.05, 3.63) is 30.0 Å². The molecule has 3 nitrogen and oxygen atoms in total. The fourth-order valence-electron chi connectivity index (χ4n) is 1.24. The first-order valence-corrected chi connectivity index (χ1v) is 3.96. The van der Waals surface area contributed by atoms with E-state index in [1.54, 1.807) is 6.20 Å². The quantitative estimate of drug-likeness (QED) is 0.667. The van der Waals surface area contributed by atoms with Crippen LogP contribution in [0.25, 0.3) is 10.9 Å². The summed E-state index contributed by atoms with van der Waals surface area (Å²) in [6, 6.07) is 6.17. The lowest BCUT2D eigenvalue weighted by Gasteiger charge is -2.03. The highest BCUT2D eigenvalue weighted by atomic mass is 15.1. The van der Waals surface area contributed by atoms with Crippen LogP contribution in [0.15, 0.2) is 24.4 Å². The van der Waals surface area contributed by atoms with Crippen molar-refractivity contribution in [3.63, 3.8) is 0 Å². The molecule has 0 aliphatic heterocycles. The largest absolute Gasteiger partial charge is 0.324 e. The molecule has 2 rings (SSSR count). The van der Waals surface area contributed by atoms with Crippen LogP contribution in [0.1, 0.15) is 18.5 Å². The molecular weight excluding hydrogens is 150 g/mol. The minimum Gasteiger partial charge on any atom is -0.324 e. The lowest BCUT2D eigenvalue weighted by atomic mass is 10.1. The first-order chi connectivity index (χ1) is 5.77. The van der Waals surface area contributed by atoms with Gasteiger partial charge in [-0.05, 0) is 24.6 Å². The topological polar surface area (TPSA) is 54.7 Å². The standard InChI is InChI=1S/C9H11N3/c1-6(10)7-2-3-9-8(4-7)5-11-12-9/h2-6H,10H2,1H3,(H,11,12). The highest BCUT2D eigenvalue weighted by Gasteiger charge is 2.00. The van der Waals surface area contributed by atoms with Crippen LogP contribution in [-0.2, 0) is 0 Å². The van der Waals surface area contributed by atoms with Gasteiger partial charge in [-0.15, -0.1) is 0 Å². The molecule has 3 N–H and O–H groups in total. The Morgan fingerprint density at radius 2 is 2.33 bits per heavy atom. The van der Waals surface area contributed by atoms with E-state index in [-0.39, 0.29) is 6.04 Å². The maximum absolute atomic E-state index is 5.74. The molecule has 0 saturated carbocycles. The molecule has 1 atom stereocenters. The second-order valence-electron chi connectivity index (χ2n) is 3.01. The molecule has 1 unspecified atom stereocenters. The van der Waals surface area contributed by atoms with Gasteiger partial charge in [-0.3, -0.25) is 5.10 Å². The predicted molar refractivity (Wildman–Crippen MR) is 48.7 cm³/mol. The summed E-state index contributed by atoms with van der Waals surface area (Å²) in [5, 5.41) is 7.95. The molecule has 1 heterocycles. The van der Waals surface area contributed by atoms with Gasteiger partial charge in [-0.25, -0.2) is 0 Å². The second-order valence-corrected chi connectivity index (χ2v) is 3.01. The van der Waals surface area contributed by atoms with Crippen molar-refractivity contribution < 1.29 is 0 Å². The predicted octanol–water partition coefficient (Wildman–Crippen LogP) is 1.58. The van der Waals surface area contributed by atoms with Gasteiger partial charge in [0, 0.05) is 11.4 Å². The van der Waals surface area contributed by atoms with Crippen LogP contribution in [0.2, 0.25) is 0 Å². The minimum atomic E-state index is 0.0873. The fraction of sp³-hybridized carbons (Fsp3) is 0.222. The number of H-pyrrole nitrogens is 1. The number of fused-ring (bicyclic) bond motifs is 1. The van der Waals surface area contributed by atoms with Gasteiger partial charge in [0.15, 0.2) is 0 Å².